The van der Waals surface area contributed by atoms with E-state index in [4.69, 9.17) is 0 Å². The van der Waals surface area contributed by atoms with Crippen molar-refractivity contribution in [2.24, 2.45) is 0 Å². The molecule has 146 valence electrons. The van der Waals surface area contributed by atoms with Gasteiger partial charge in [-0.2, -0.15) is 0 Å². The Labute approximate surface area is 170 Å². The lowest BCUT2D eigenvalue weighted by Gasteiger charge is -2.35. The summed E-state index contributed by atoms with van der Waals surface area (Å²) in [7, 11) is 4.05. The van der Waals surface area contributed by atoms with Crippen molar-refractivity contribution >= 4 is 23.3 Å². The summed E-state index contributed by atoms with van der Waals surface area (Å²) in [4.78, 5) is 22.8. The van der Waals surface area contributed by atoms with Crippen molar-refractivity contribution in [1.29, 1.82) is 0 Å². The lowest BCUT2D eigenvalue weighted by molar-refractivity contribution is 0.0644. The van der Waals surface area contributed by atoms with Crippen LogP contribution in [0.3, 0.4) is 0 Å². The SMILES string of the molecule is CN1CCC[C@@H](N(C)C(=O)c2ccc(SCc3cn4ccccc4n3)cc2)C1. The first-order valence-corrected chi connectivity index (χ1v) is 10.7. The Kier molecular flexibility index (Phi) is 5.69. The molecule has 1 fully saturated rings. The molecular weight excluding hydrogens is 368 g/mol. The second-order valence-electron chi connectivity index (χ2n) is 7.49. The van der Waals surface area contributed by atoms with Gasteiger partial charge in [-0.25, -0.2) is 4.98 Å². The summed E-state index contributed by atoms with van der Waals surface area (Å²) in [5.41, 5.74) is 2.78. The number of aromatic nitrogens is 2. The first kappa shape index (κ1) is 19.0. The van der Waals surface area contributed by atoms with E-state index in [1.165, 1.54) is 0 Å². The smallest absolute Gasteiger partial charge is 0.253 e. The lowest BCUT2D eigenvalue weighted by atomic mass is 10.0. The van der Waals surface area contributed by atoms with Crippen LogP contribution in [-0.2, 0) is 5.75 Å². The predicted octanol–water partition coefficient (Wildman–Crippen LogP) is 3.79. The zero-order chi connectivity index (χ0) is 19.5. The van der Waals surface area contributed by atoms with Crippen molar-refractivity contribution in [3.63, 3.8) is 0 Å². The third kappa shape index (κ3) is 4.23. The van der Waals surface area contributed by atoms with E-state index in [2.05, 4.69) is 23.1 Å². The standard InChI is InChI=1S/C22H26N4OS/c1-24-12-5-6-19(15-24)25(2)22(27)17-8-10-20(11-9-17)28-16-18-14-26-13-4-3-7-21(26)23-18/h3-4,7-11,13-14,19H,5-6,12,15-16H2,1-2H3/t19-/m1/s1. The van der Waals surface area contributed by atoms with Gasteiger partial charge in [0.05, 0.1) is 5.69 Å². The van der Waals surface area contributed by atoms with Gasteiger partial charge in [0.15, 0.2) is 0 Å². The summed E-state index contributed by atoms with van der Waals surface area (Å²) in [5, 5.41) is 0. The number of carbonyl (C=O) groups excluding carboxylic acids is 1. The molecule has 4 rings (SSSR count). The lowest BCUT2D eigenvalue weighted by Crippen LogP contribution is -2.47. The molecule has 1 aliphatic heterocycles. The third-order valence-corrected chi connectivity index (χ3v) is 6.42. The van der Waals surface area contributed by atoms with E-state index in [1.807, 2.05) is 65.0 Å². The van der Waals surface area contributed by atoms with Gasteiger partial charge in [-0.1, -0.05) is 6.07 Å². The number of piperidine rings is 1. The van der Waals surface area contributed by atoms with E-state index in [9.17, 15) is 4.79 Å². The predicted molar refractivity (Wildman–Crippen MR) is 114 cm³/mol. The van der Waals surface area contributed by atoms with Crippen LogP contribution in [0.15, 0.2) is 59.8 Å². The molecule has 0 unspecified atom stereocenters. The Bertz CT molecular complexity index is 920. The summed E-state index contributed by atoms with van der Waals surface area (Å²) in [5.74, 6) is 0.917. The minimum atomic E-state index is 0.109. The van der Waals surface area contributed by atoms with Gasteiger partial charge in [0.2, 0.25) is 0 Å². The van der Waals surface area contributed by atoms with E-state index in [0.717, 1.165) is 53.5 Å². The van der Waals surface area contributed by atoms with Gasteiger partial charge in [0, 0.05) is 48.2 Å². The van der Waals surface area contributed by atoms with Crippen molar-refractivity contribution in [1.82, 2.24) is 19.2 Å². The Morgan fingerprint density at radius 3 is 2.82 bits per heavy atom. The molecule has 1 aromatic carbocycles. The number of pyridine rings is 1. The Balaban J connectivity index is 1.37. The number of thioether (sulfide) groups is 1. The zero-order valence-electron chi connectivity index (χ0n) is 16.4. The van der Waals surface area contributed by atoms with Crippen LogP contribution in [0, 0.1) is 0 Å². The van der Waals surface area contributed by atoms with Crippen LogP contribution in [0.2, 0.25) is 0 Å². The molecule has 3 aromatic rings. The van der Waals surface area contributed by atoms with Gasteiger partial charge >= 0.3 is 0 Å². The zero-order valence-corrected chi connectivity index (χ0v) is 17.2. The van der Waals surface area contributed by atoms with Crippen LogP contribution in [0.1, 0.15) is 28.9 Å². The molecule has 3 heterocycles. The molecule has 0 bridgehead atoms. The Morgan fingerprint density at radius 1 is 1.25 bits per heavy atom. The topological polar surface area (TPSA) is 40.9 Å². The number of likely N-dealkylation sites (tertiary alicyclic amines) is 1. The second kappa shape index (κ2) is 8.37. The first-order chi connectivity index (χ1) is 13.6. The molecule has 28 heavy (non-hydrogen) atoms. The quantitative estimate of drug-likeness (QED) is 0.618. The fourth-order valence-corrected chi connectivity index (χ4v) is 4.51. The van der Waals surface area contributed by atoms with E-state index >= 15 is 0 Å². The van der Waals surface area contributed by atoms with Crippen LogP contribution >= 0.6 is 11.8 Å². The molecule has 1 aliphatic rings. The number of likely N-dealkylation sites (N-methyl/N-ethyl adjacent to an activating group) is 2. The number of hydrogen-bond donors (Lipinski definition) is 0. The van der Waals surface area contributed by atoms with Gasteiger partial charge < -0.3 is 14.2 Å². The number of hydrogen-bond acceptors (Lipinski definition) is 4. The number of rotatable bonds is 5. The molecule has 6 heteroatoms. The Hall–Kier alpha value is -2.31. The van der Waals surface area contributed by atoms with Gasteiger partial charge in [0.1, 0.15) is 5.65 Å². The average molecular weight is 395 g/mol. The highest BCUT2D eigenvalue weighted by atomic mass is 32.2. The molecule has 0 spiro atoms. The van der Waals surface area contributed by atoms with Crippen LogP contribution in [0.4, 0.5) is 0 Å². The van der Waals surface area contributed by atoms with Crippen LogP contribution in [-0.4, -0.2) is 58.3 Å². The summed E-state index contributed by atoms with van der Waals surface area (Å²) < 4.78 is 2.04. The molecule has 0 radical (unpaired) electrons. The number of imidazole rings is 1. The maximum Gasteiger partial charge on any atom is 0.253 e. The van der Waals surface area contributed by atoms with Gasteiger partial charge in [-0.05, 0) is 62.8 Å². The van der Waals surface area contributed by atoms with Crippen molar-refractivity contribution in [3.05, 3.63) is 66.1 Å². The molecule has 0 aliphatic carbocycles. The number of amides is 1. The molecular formula is C22H26N4OS. The minimum Gasteiger partial charge on any atom is -0.337 e. The first-order valence-electron chi connectivity index (χ1n) is 9.71. The van der Waals surface area contributed by atoms with Crippen LogP contribution in [0.5, 0.6) is 0 Å². The van der Waals surface area contributed by atoms with E-state index < -0.39 is 0 Å². The fraction of sp³-hybridized carbons (Fsp3) is 0.364. The van der Waals surface area contributed by atoms with Crippen molar-refractivity contribution < 1.29 is 4.79 Å². The van der Waals surface area contributed by atoms with Crippen LogP contribution in [0.25, 0.3) is 5.65 Å². The van der Waals surface area contributed by atoms with Crippen molar-refractivity contribution in [3.8, 4) is 0 Å². The molecule has 5 nitrogen and oxygen atoms in total. The highest BCUT2D eigenvalue weighted by molar-refractivity contribution is 7.98. The average Bonchev–Trinajstić information content (AvgIpc) is 3.14. The Morgan fingerprint density at radius 2 is 2.07 bits per heavy atom. The second-order valence-corrected chi connectivity index (χ2v) is 8.53. The maximum absolute atomic E-state index is 12.8. The molecule has 0 saturated carbocycles. The third-order valence-electron chi connectivity index (χ3n) is 5.37. The summed E-state index contributed by atoms with van der Waals surface area (Å²) in [6.45, 7) is 2.08. The van der Waals surface area contributed by atoms with Gasteiger partial charge in [0.25, 0.3) is 5.91 Å². The molecule has 1 atom stereocenters. The molecule has 0 N–H and O–H groups in total. The van der Waals surface area contributed by atoms with E-state index in [1.54, 1.807) is 11.8 Å². The summed E-state index contributed by atoms with van der Waals surface area (Å²) >= 11 is 1.74. The van der Waals surface area contributed by atoms with E-state index in [-0.39, 0.29) is 5.91 Å². The van der Waals surface area contributed by atoms with Gasteiger partial charge in [-0.3, -0.25) is 4.79 Å². The summed E-state index contributed by atoms with van der Waals surface area (Å²) in [6.07, 6.45) is 6.31. The van der Waals surface area contributed by atoms with Crippen molar-refractivity contribution in [2.45, 2.75) is 29.5 Å². The van der Waals surface area contributed by atoms with Gasteiger partial charge in [-0.15, -0.1) is 11.8 Å². The van der Waals surface area contributed by atoms with E-state index in [0.29, 0.717) is 6.04 Å². The number of benzene rings is 1. The maximum atomic E-state index is 12.8. The molecule has 1 saturated heterocycles. The number of nitrogens with zero attached hydrogens (tertiary/aromatic N) is 4. The number of carbonyl (C=O) groups is 1. The summed E-state index contributed by atoms with van der Waals surface area (Å²) in [6, 6.07) is 14.3. The monoisotopic (exact) mass is 394 g/mol. The highest BCUT2D eigenvalue weighted by Crippen LogP contribution is 2.24. The molecule has 2 aromatic heterocycles. The molecule has 1 amide bonds. The number of fused-ring (bicyclic) bond motifs is 1. The minimum absolute atomic E-state index is 0.109. The highest BCUT2D eigenvalue weighted by Gasteiger charge is 2.25. The van der Waals surface area contributed by atoms with Crippen molar-refractivity contribution in [2.75, 3.05) is 27.2 Å². The fourth-order valence-electron chi connectivity index (χ4n) is 3.73. The largest absolute Gasteiger partial charge is 0.337 e. The van der Waals surface area contributed by atoms with Crippen LogP contribution < -0.4 is 0 Å². The normalized spacial score (nSPS) is 17.7.